The van der Waals surface area contributed by atoms with E-state index in [1.54, 1.807) is 18.2 Å². The van der Waals surface area contributed by atoms with Gasteiger partial charge in [0.15, 0.2) is 10.9 Å². The van der Waals surface area contributed by atoms with Gasteiger partial charge in [-0.25, -0.2) is 4.98 Å². The van der Waals surface area contributed by atoms with E-state index < -0.39 is 11.8 Å². The molecule has 4 aromatic rings. The van der Waals surface area contributed by atoms with Crippen molar-refractivity contribution in [1.82, 2.24) is 26.0 Å². The molecule has 0 bridgehead atoms. The second kappa shape index (κ2) is 10.3. The van der Waals surface area contributed by atoms with Gasteiger partial charge in [-0.05, 0) is 42.0 Å². The van der Waals surface area contributed by atoms with E-state index in [9.17, 15) is 9.59 Å². The maximum absolute atomic E-state index is 12.3. The van der Waals surface area contributed by atoms with Gasteiger partial charge in [0.25, 0.3) is 5.91 Å². The monoisotopic (exact) mass is 449 g/mol. The molecule has 2 aromatic carbocycles. The summed E-state index contributed by atoms with van der Waals surface area (Å²) in [7, 11) is 0. The molecule has 0 aliphatic rings. The smallest absolute Gasteiger partial charge is 0.305 e. The topological polar surface area (TPSA) is 122 Å². The van der Waals surface area contributed by atoms with Gasteiger partial charge in [0.1, 0.15) is 24.4 Å². The van der Waals surface area contributed by atoms with E-state index >= 15 is 0 Å². The number of furan rings is 1. The summed E-state index contributed by atoms with van der Waals surface area (Å²) in [6, 6.07) is 19.5. The third-order valence-corrected chi connectivity index (χ3v) is 5.23. The average molecular weight is 449 g/mol. The number of H-pyrrole nitrogens is 1. The number of hydrogen-bond donors (Lipinski definition) is 3. The number of hydrazine groups is 1. The minimum atomic E-state index is -0.565. The molecule has 0 saturated carbocycles. The average Bonchev–Trinajstić information content (AvgIpc) is 3.53. The minimum absolute atomic E-state index is 0.0664. The molecule has 2 aromatic heterocycles. The fourth-order valence-electron chi connectivity index (χ4n) is 2.66. The number of para-hydroxylation sites is 1. The predicted molar refractivity (Wildman–Crippen MR) is 117 cm³/mol. The highest BCUT2D eigenvalue weighted by atomic mass is 32.2. The highest BCUT2D eigenvalue weighted by Gasteiger charge is 2.13. The van der Waals surface area contributed by atoms with Crippen molar-refractivity contribution >= 4 is 23.6 Å². The van der Waals surface area contributed by atoms with E-state index in [0.717, 1.165) is 10.7 Å². The van der Waals surface area contributed by atoms with E-state index in [-0.39, 0.29) is 12.4 Å². The van der Waals surface area contributed by atoms with Gasteiger partial charge in [0, 0.05) is 11.3 Å². The SMILES string of the molecule is O=C(NNC(=O)c1ccc(COc2ccccc2)o1)c1ccc(CSc2ncn[nH]2)cc1. The first-order valence-corrected chi connectivity index (χ1v) is 10.6. The van der Waals surface area contributed by atoms with E-state index in [1.165, 1.54) is 24.2 Å². The number of carbonyl (C=O) groups is 2. The molecule has 0 saturated heterocycles. The molecule has 162 valence electrons. The van der Waals surface area contributed by atoms with Crippen molar-refractivity contribution in [2.45, 2.75) is 17.5 Å². The van der Waals surface area contributed by atoms with Crippen molar-refractivity contribution in [2.75, 3.05) is 0 Å². The Kier molecular flexibility index (Phi) is 6.83. The number of amides is 2. The van der Waals surface area contributed by atoms with Crippen molar-refractivity contribution in [3.63, 3.8) is 0 Å². The van der Waals surface area contributed by atoms with Crippen LogP contribution in [0.3, 0.4) is 0 Å². The molecule has 10 heteroatoms. The molecule has 0 spiro atoms. The Labute approximate surface area is 187 Å². The number of carbonyl (C=O) groups excluding carboxylic acids is 2. The van der Waals surface area contributed by atoms with Crippen LogP contribution in [-0.4, -0.2) is 27.0 Å². The molecule has 2 amide bonds. The molecule has 0 fully saturated rings. The van der Waals surface area contributed by atoms with Gasteiger partial charge in [0.2, 0.25) is 0 Å². The van der Waals surface area contributed by atoms with E-state index in [1.807, 2.05) is 42.5 Å². The molecule has 0 unspecified atom stereocenters. The maximum Gasteiger partial charge on any atom is 0.305 e. The Hall–Kier alpha value is -4.05. The van der Waals surface area contributed by atoms with Gasteiger partial charge in [-0.1, -0.05) is 42.1 Å². The third kappa shape index (κ3) is 5.76. The number of rotatable bonds is 8. The van der Waals surface area contributed by atoms with Crippen molar-refractivity contribution < 1.29 is 18.7 Å². The zero-order valence-corrected chi connectivity index (χ0v) is 17.6. The van der Waals surface area contributed by atoms with Crippen LogP contribution in [-0.2, 0) is 12.4 Å². The first-order valence-electron chi connectivity index (χ1n) is 9.62. The van der Waals surface area contributed by atoms with Crippen LogP contribution in [0.25, 0.3) is 0 Å². The van der Waals surface area contributed by atoms with Crippen LogP contribution in [0.2, 0.25) is 0 Å². The molecular formula is C22H19N5O4S. The van der Waals surface area contributed by atoms with Crippen molar-refractivity contribution in [3.8, 4) is 5.75 Å². The molecule has 0 radical (unpaired) electrons. The number of nitrogens with one attached hydrogen (secondary N) is 3. The normalized spacial score (nSPS) is 10.5. The van der Waals surface area contributed by atoms with Crippen LogP contribution in [0, 0.1) is 0 Å². The lowest BCUT2D eigenvalue weighted by Gasteiger charge is -2.07. The van der Waals surface area contributed by atoms with Gasteiger partial charge in [-0.15, -0.1) is 0 Å². The van der Waals surface area contributed by atoms with Crippen molar-refractivity contribution in [3.05, 3.63) is 95.7 Å². The van der Waals surface area contributed by atoms with E-state index in [2.05, 4.69) is 26.0 Å². The highest BCUT2D eigenvalue weighted by molar-refractivity contribution is 7.98. The van der Waals surface area contributed by atoms with Crippen LogP contribution in [0.4, 0.5) is 0 Å². The van der Waals surface area contributed by atoms with Gasteiger partial charge in [0.05, 0.1) is 0 Å². The number of nitrogens with zero attached hydrogens (tertiary/aromatic N) is 2. The Morgan fingerprint density at radius 2 is 1.75 bits per heavy atom. The number of aromatic nitrogens is 3. The lowest BCUT2D eigenvalue weighted by Crippen LogP contribution is -2.41. The van der Waals surface area contributed by atoms with Crippen LogP contribution in [0.5, 0.6) is 5.75 Å². The van der Waals surface area contributed by atoms with Crippen LogP contribution >= 0.6 is 11.8 Å². The van der Waals surface area contributed by atoms with E-state index in [0.29, 0.717) is 22.8 Å². The Balaban J connectivity index is 1.23. The molecule has 3 N–H and O–H groups in total. The molecule has 4 rings (SSSR count). The second-order valence-electron chi connectivity index (χ2n) is 6.55. The zero-order valence-electron chi connectivity index (χ0n) is 16.8. The van der Waals surface area contributed by atoms with Crippen molar-refractivity contribution in [2.24, 2.45) is 0 Å². The summed E-state index contributed by atoms with van der Waals surface area (Å²) in [6.07, 6.45) is 1.45. The molecule has 0 aliphatic carbocycles. The lowest BCUT2D eigenvalue weighted by atomic mass is 10.1. The van der Waals surface area contributed by atoms with E-state index in [4.69, 9.17) is 9.15 Å². The maximum atomic E-state index is 12.3. The summed E-state index contributed by atoms with van der Waals surface area (Å²) >= 11 is 1.50. The molecule has 9 nitrogen and oxygen atoms in total. The number of hydrogen-bond acceptors (Lipinski definition) is 7. The number of aromatic amines is 1. The summed E-state index contributed by atoms with van der Waals surface area (Å²) in [5, 5.41) is 7.29. The minimum Gasteiger partial charge on any atom is -0.486 e. The molecule has 2 heterocycles. The number of ether oxygens (including phenoxy) is 1. The van der Waals surface area contributed by atoms with Gasteiger partial charge in [-0.3, -0.25) is 25.5 Å². The molecule has 0 atom stereocenters. The number of thioether (sulfide) groups is 1. The summed E-state index contributed by atoms with van der Waals surface area (Å²) in [5.41, 5.74) is 6.16. The third-order valence-electron chi connectivity index (χ3n) is 4.28. The first kappa shape index (κ1) is 21.2. The Morgan fingerprint density at radius 3 is 2.50 bits per heavy atom. The van der Waals surface area contributed by atoms with Gasteiger partial charge in [-0.2, -0.15) is 5.10 Å². The summed E-state index contributed by atoms with van der Waals surface area (Å²) in [4.78, 5) is 28.6. The fraction of sp³-hybridized carbons (Fsp3) is 0.0909. The van der Waals surface area contributed by atoms with Gasteiger partial charge >= 0.3 is 5.91 Å². The standard InChI is InChI=1S/C22H19N5O4S/c28-20(16-8-6-15(7-9-16)13-32-22-23-14-24-27-22)25-26-21(29)19-11-10-18(31-19)12-30-17-4-2-1-3-5-17/h1-11,14H,12-13H2,(H,25,28)(H,26,29)(H,23,24,27). The summed E-state index contributed by atoms with van der Waals surface area (Å²) < 4.78 is 11.1. The molecule has 0 aliphatic heterocycles. The van der Waals surface area contributed by atoms with Gasteiger partial charge < -0.3 is 9.15 Å². The summed E-state index contributed by atoms with van der Waals surface area (Å²) in [6.45, 7) is 0.185. The molecule has 32 heavy (non-hydrogen) atoms. The fourth-order valence-corrected chi connectivity index (χ4v) is 3.40. The van der Waals surface area contributed by atoms with Crippen LogP contribution < -0.4 is 15.6 Å². The highest BCUT2D eigenvalue weighted by Crippen LogP contribution is 2.18. The Morgan fingerprint density at radius 1 is 0.969 bits per heavy atom. The Bertz CT molecular complexity index is 1160. The predicted octanol–water partition coefficient (Wildman–Crippen LogP) is 3.34. The van der Waals surface area contributed by atoms with Crippen LogP contribution in [0.1, 0.15) is 32.2 Å². The second-order valence-corrected chi connectivity index (χ2v) is 7.52. The lowest BCUT2D eigenvalue weighted by molar-refractivity contribution is 0.0828. The van der Waals surface area contributed by atoms with Crippen molar-refractivity contribution in [1.29, 1.82) is 0 Å². The molecular weight excluding hydrogens is 430 g/mol. The first-order chi connectivity index (χ1) is 15.7. The number of benzene rings is 2. The zero-order chi connectivity index (χ0) is 22.2. The quantitative estimate of drug-likeness (QED) is 0.278. The van der Waals surface area contributed by atoms with Crippen LogP contribution in [0.15, 0.2) is 82.6 Å². The largest absolute Gasteiger partial charge is 0.486 e. The summed E-state index contributed by atoms with van der Waals surface area (Å²) in [5.74, 6) is 0.935.